The van der Waals surface area contributed by atoms with E-state index in [4.69, 9.17) is 4.74 Å². The van der Waals surface area contributed by atoms with Crippen molar-refractivity contribution in [3.63, 3.8) is 0 Å². The number of carbonyl (C=O) groups excluding carboxylic acids is 1. The highest BCUT2D eigenvalue weighted by atomic mass is 16.6. The fraction of sp³-hybridized carbons (Fsp3) is 0.400. The standard InChI is InChI=1S/C15H18N4O3/c1-11-14(17-22-16-11)15(20)19-9-7-18(8-10-19)12-5-3-4-6-13(12)21-2/h3-6H,7-10H2,1-2H3. The van der Waals surface area contributed by atoms with Gasteiger partial charge < -0.3 is 14.5 Å². The van der Waals surface area contributed by atoms with Gasteiger partial charge in [0.2, 0.25) is 0 Å². The molecule has 1 aliphatic rings. The van der Waals surface area contributed by atoms with Crippen molar-refractivity contribution in [1.29, 1.82) is 0 Å². The first-order chi connectivity index (χ1) is 10.7. The van der Waals surface area contributed by atoms with Crippen molar-refractivity contribution in [2.75, 3.05) is 38.2 Å². The summed E-state index contributed by atoms with van der Waals surface area (Å²) in [6, 6.07) is 7.90. The van der Waals surface area contributed by atoms with Crippen LogP contribution < -0.4 is 9.64 Å². The number of hydrogen-bond acceptors (Lipinski definition) is 6. The number of benzene rings is 1. The number of anilines is 1. The first-order valence-electron chi connectivity index (χ1n) is 7.17. The van der Waals surface area contributed by atoms with Crippen molar-refractivity contribution in [3.8, 4) is 5.75 Å². The summed E-state index contributed by atoms with van der Waals surface area (Å²) in [7, 11) is 1.67. The van der Waals surface area contributed by atoms with E-state index in [2.05, 4.69) is 19.8 Å². The van der Waals surface area contributed by atoms with Crippen LogP contribution in [0.1, 0.15) is 16.2 Å². The molecule has 0 atom stereocenters. The van der Waals surface area contributed by atoms with E-state index in [1.807, 2.05) is 24.3 Å². The molecule has 1 fully saturated rings. The molecule has 0 unspecified atom stereocenters. The zero-order valence-electron chi connectivity index (χ0n) is 12.7. The van der Waals surface area contributed by atoms with Gasteiger partial charge in [0.25, 0.3) is 5.91 Å². The molecule has 1 amide bonds. The summed E-state index contributed by atoms with van der Waals surface area (Å²) >= 11 is 0. The van der Waals surface area contributed by atoms with Gasteiger partial charge in [-0.05, 0) is 24.2 Å². The Morgan fingerprint density at radius 3 is 2.55 bits per heavy atom. The van der Waals surface area contributed by atoms with Crippen LogP contribution >= 0.6 is 0 Å². The average molecular weight is 302 g/mol. The molecular formula is C15H18N4O3. The number of rotatable bonds is 3. The average Bonchev–Trinajstić information content (AvgIpc) is 3.00. The predicted octanol–water partition coefficient (Wildman–Crippen LogP) is 1.35. The van der Waals surface area contributed by atoms with Crippen molar-refractivity contribution in [2.45, 2.75) is 6.92 Å². The molecule has 2 aromatic rings. The van der Waals surface area contributed by atoms with Crippen molar-refractivity contribution in [2.24, 2.45) is 0 Å². The molecule has 1 aliphatic heterocycles. The number of para-hydroxylation sites is 2. The topological polar surface area (TPSA) is 71.7 Å². The van der Waals surface area contributed by atoms with E-state index in [0.29, 0.717) is 24.5 Å². The summed E-state index contributed by atoms with van der Waals surface area (Å²) in [6.45, 7) is 4.47. The predicted molar refractivity (Wildman–Crippen MR) is 80.1 cm³/mol. The van der Waals surface area contributed by atoms with Gasteiger partial charge in [0.1, 0.15) is 11.4 Å². The molecule has 0 radical (unpaired) electrons. The molecule has 0 spiro atoms. The van der Waals surface area contributed by atoms with Gasteiger partial charge in [-0.15, -0.1) is 0 Å². The number of carbonyl (C=O) groups is 1. The number of ether oxygens (including phenoxy) is 1. The van der Waals surface area contributed by atoms with Crippen molar-refractivity contribution in [1.82, 2.24) is 15.2 Å². The molecule has 22 heavy (non-hydrogen) atoms. The lowest BCUT2D eigenvalue weighted by Gasteiger charge is -2.36. The van der Waals surface area contributed by atoms with Crippen molar-refractivity contribution < 1.29 is 14.2 Å². The van der Waals surface area contributed by atoms with Crippen LogP contribution in [-0.4, -0.2) is 54.4 Å². The van der Waals surface area contributed by atoms with Crippen LogP contribution in [0.4, 0.5) is 5.69 Å². The monoisotopic (exact) mass is 302 g/mol. The SMILES string of the molecule is COc1ccccc1N1CCN(C(=O)c2nonc2C)CC1. The highest BCUT2D eigenvalue weighted by Gasteiger charge is 2.26. The van der Waals surface area contributed by atoms with Gasteiger partial charge in [0.15, 0.2) is 5.69 Å². The Kier molecular flexibility index (Phi) is 3.95. The van der Waals surface area contributed by atoms with E-state index in [1.54, 1.807) is 18.9 Å². The van der Waals surface area contributed by atoms with Gasteiger partial charge in [-0.1, -0.05) is 17.3 Å². The molecule has 2 heterocycles. The molecule has 1 aromatic carbocycles. The van der Waals surface area contributed by atoms with Gasteiger partial charge in [0, 0.05) is 26.2 Å². The molecule has 0 aliphatic carbocycles. The molecular weight excluding hydrogens is 284 g/mol. The normalized spacial score (nSPS) is 15.0. The van der Waals surface area contributed by atoms with Gasteiger partial charge in [0.05, 0.1) is 12.8 Å². The van der Waals surface area contributed by atoms with Crippen LogP contribution in [-0.2, 0) is 0 Å². The number of nitrogens with zero attached hydrogens (tertiary/aromatic N) is 4. The summed E-state index contributed by atoms with van der Waals surface area (Å²) in [5, 5.41) is 7.34. The zero-order valence-corrected chi connectivity index (χ0v) is 12.7. The van der Waals surface area contributed by atoms with Crippen LogP contribution in [0.2, 0.25) is 0 Å². The van der Waals surface area contributed by atoms with Gasteiger partial charge >= 0.3 is 0 Å². The Morgan fingerprint density at radius 1 is 1.18 bits per heavy atom. The highest BCUT2D eigenvalue weighted by molar-refractivity contribution is 5.93. The van der Waals surface area contributed by atoms with Crippen LogP contribution in [0.5, 0.6) is 5.75 Å². The number of aryl methyl sites for hydroxylation is 1. The number of hydrogen-bond donors (Lipinski definition) is 0. The Balaban J connectivity index is 1.68. The minimum atomic E-state index is -0.126. The maximum atomic E-state index is 12.4. The van der Waals surface area contributed by atoms with Gasteiger partial charge in [-0.25, -0.2) is 4.63 Å². The lowest BCUT2D eigenvalue weighted by molar-refractivity contribution is 0.0735. The number of piperazine rings is 1. The second-order valence-electron chi connectivity index (χ2n) is 5.15. The molecule has 7 nitrogen and oxygen atoms in total. The van der Waals surface area contributed by atoms with E-state index in [0.717, 1.165) is 24.5 Å². The molecule has 0 saturated carbocycles. The summed E-state index contributed by atoms with van der Waals surface area (Å²) in [6.07, 6.45) is 0. The second kappa shape index (κ2) is 6.05. The van der Waals surface area contributed by atoms with Crippen LogP contribution in [0.3, 0.4) is 0 Å². The van der Waals surface area contributed by atoms with Crippen LogP contribution in [0, 0.1) is 6.92 Å². The summed E-state index contributed by atoms with van der Waals surface area (Å²) < 4.78 is 10.00. The van der Waals surface area contributed by atoms with Crippen LogP contribution in [0.25, 0.3) is 0 Å². The third-order valence-corrected chi connectivity index (χ3v) is 3.85. The molecule has 7 heteroatoms. The second-order valence-corrected chi connectivity index (χ2v) is 5.15. The summed E-state index contributed by atoms with van der Waals surface area (Å²) in [5.74, 6) is 0.720. The maximum absolute atomic E-state index is 12.4. The Labute approximate surface area is 128 Å². The maximum Gasteiger partial charge on any atom is 0.278 e. The minimum absolute atomic E-state index is 0.126. The van der Waals surface area contributed by atoms with E-state index >= 15 is 0 Å². The molecule has 1 aromatic heterocycles. The van der Waals surface area contributed by atoms with E-state index in [9.17, 15) is 4.79 Å². The lowest BCUT2D eigenvalue weighted by atomic mass is 10.2. The van der Waals surface area contributed by atoms with E-state index in [-0.39, 0.29) is 5.91 Å². The van der Waals surface area contributed by atoms with Gasteiger partial charge in [-0.3, -0.25) is 4.79 Å². The lowest BCUT2D eigenvalue weighted by Crippen LogP contribution is -2.49. The smallest absolute Gasteiger partial charge is 0.278 e. The summed E-state index contributed by atoms with van der Waals surface area (Å²) in [4.78, 5) is 16.4. The first-order valence-corrected chi connectivity index (χ1v) is 7.17. The third kappa shape index (κ3) is 2.61. The minimum Gasteiger partial charge on any atom is -0.495 e. The zero-order chi connectivity index (χ0) is 15.5. The van der Waals surface area contributed by atoms with Crippen molar-refractivity contribution >= 4 is 11.6 Å². The van der Waals surface area contributed by atoms with Gasteiger partial charge in [-0.2, -0.15) is 0 Å². The number of amides is 1. The number of methoxy groups -OCH3 is 1. The van der Waals surface area contributed by atoms with Crippen molar-refractivity contribution in [3.05, 3.63) is 35.7 Å². The fourth-order valence-electron chi connectivity index (χ4n) is 2.62. The Hall–Kier alpha value is -2.57. The Morgan fingerprint density at radius 2 is 1.91 bits per heavy atom. The van der Waals surface area contributed by atoms with Crippen LogP contribution in [0.15, 0.2) is 28.9 Å². The number of aromatic nitrogens is 2. The molecule has 0 bridgehead atoms. The molecule has 1 saturated heterocycles. The molecule has 0 N–H and O–H groups in total. The van der Waals surface area contributed by atoms with E-state index < -0.39 is 0 Å². The molecule has 116 valence electrons. The highest BCUT2D eigenvalue weighted by Crippen LogP contribution is 2.28. The largest absolute Gasteiger partial charge is 0.495 e. The quantitative estimate of drug-likeness (QED) is 0.852. The summed E-state index contributed by atoms with van der Waals surface area (Å²) in [5.41, 5.74) is 1.87. The van der Waals surface area contributed by atoms with E-state index in [1.165, 1.54) is 0 Å². The fourth-order valence-corrected chi connectivity index (χ4v) is 2.62. The third-order valence-electron chi connectivity index (χ3n) is 3.85. The molecule has 3 rings (SSSR count). The Bertz CT molecular complexity index is 662. The first kappa shape index (κ1) is 14.4.